The maximum absolute atomic E-state index is 11.3. The third-order valence-corrected chi connectivity index (χ3v) is 3.42. The van der Waals surface area contributed by atoms with Crippen LogP contribution in [0.1, 0.15) is 26.3 Å². The molecule has 0 saturated heterocycles. The zero-order valence-electron chi connectivity index (χ0n) is 13.0. The number of hydrogen-bond donors (Lipinski definition) is 1. The topological polar surface area (TPSA) is 81.7 Å². The smallest absolute Gasteiger partial charge is 0.308 e. The lowest BCUT2D eigenvalue weighted by atomic mass is 10.2. The fraction of sp³-hybridized carbons (Fsp3) is 0.400. The predicted molar refractivity (Wildman–Crippen MR) is 83.2 cm³/mol. The number of esters is 2. The van der Waals surface area contributed by atoms with Gasteiger partial charge >= 0.3 is 11.9 Å². The summed E-state index contributed by atoms with van der Waals surface area (Å²) in [7, 11) is 0. The maximum Gasteiger partial charge on any atom is 0.308 e. The van der Waals surface area contributed by atoms with E-state index in [0.717, 1.165) is 5.56 Å². The fourth-order valence-electron chi connectivity index (χ4n) is 1.68. The zero-order valence-corrected chi connectivity index (χ0v) is 13.8. The van der Waals surface area contributed by atoms with Gasteiger partial charge in [0.05, 0.1) is 4.90 Å². The summed E-state index contributed by atoms with van der Waals surface area (Å²) >= 11 is 1.40. The van der Waals surface area contributed by atoms with E-state index >= 15 is 0 Å². The third-order valence-electron chi connectivity index (χ3n) is 2.40. The summed E-state index contributed by atoms with van der Waals surface area (Å²) in [6, 6.07) is 3.47. The van der Waals surface area contributed by atoms with E-state index in [1.165, 1.54) is 32.5 Å². The van der Waals surface area contributed by atoms with Crippen molar-refractivity contribution < 1.29 is 23.9 Å². The van der Waals surface area contributed by atoms with E-state index in [0.29, 0.717) is 17.2 Å². The average molecular weight is 325 g/mol. The molecule has 1 amide bonds. The van der Waals surface area contributed by atoms with Crippen LogP contribution in [0.5, 0.6) is 11.5 Å². The monoisotopic (exact) mass is 325 g/mol. The van der Waals surface area contributed by atoms with Gasteiger partial charge in [0.25, 0.3) is 0 Å². The van der Waals surface area contributed by atoms with Crippen LogP contribution in [0, 0.1) is 6.92 Å². The fourth-order valence-corrected chi connectivity index (χ4v) is 2.64. The second-order valence-electron chi connectivity index (χ2n) is 4.61. The lowest BCUT2D eigenvalue weighted by Crippen LogP contribution is -2.22. The van der Waals surface area contributed by atoms with E-state index in [4.69, 9.17) is 9.47 Å². The summed E-state index contributed by atoms with van der Waals surface area (Å²) < 4.78 is 10.3. The van der Waals surface area contributed by atoms with Gasteiger partial charge < -0.3 is 14.8 Å². The van der Waals surface area contributed by atoms with Crippen LogP contribution >= 0.6 is 11.8 Å². The van der Waals surface area contributed by atoms with Gasteiger partial charge in [0, 0.05) is 33.1 Å². The standard InChI is InChI=1S/C15H19NO5S/c1-9-7-13(20-11(3)18)15(21-12(4)19)14(8-9)22-6-5-16-10(2)17/h7-8H,5-6H2,1-4H3,(H,16,17). The van der Waals surface area contributed by atoms with Crippen LogP contribution in [-0.4, -0.2) is 30.1 Å². The highest BCUT2D eigenvalue weighted by Gasteiger charge is 2.17. The number of carbonyl (C=O) groups is 3. The molecule has 0 saturated carbocycles. The van der Waals surface area contributed by atoms with Crippen molar-refractivity contribution in [1.82, 2.24) is 5.32 Å². The Morgan fingerprint density at radius 1 is 1.09 bits per heavy atom. The van der Waals surface area contributed by atoms with Crippen LogP contribution in [0.2, 0.25) is 0 Å². The lowest BCUT2D eigenvalue weighted by Gasteiger charge is -2.14. The van der Waals surface area contributed by atoms with Gasteiger partial charge in [-0.25, -0.2) is 0 Å². The third kappa shape index (κ3) is 6.17. The van der Waals surface area contributed by atoms with Crippen LogP contribution in [-0.2, 0) is 14.4 Å². The van der Waals surface area contributed by atoms with Crippen molar-refractivity contribution in [3.8, 4) is 11.5 Å². The molecule has 0 aliphatic heterocycles. The first-order chi connectivity index (χ1) is 10.3. The average Bonchev–Trinajstić information content (AvgIpc) is 2.37. The summed E-state index contributed by atoms with van der Waals surface area (Å²) in [5.74, 6) is -0.0674. The highest BCUT2D eigenvalue weighted by Crippen LogP contribution is 2.39. The largest absolute Gasteiger partial charge is 0.423 e. The Kier molecular flexibility index (Phi) is 6.91. The van der Waals surface area contributed by atoms with E-state index in [1.807, 2.05) is 13.0 Å². The number of benzene rings is 1. The van der Waals surface area contributed by atoms with Gasteiger partial charge in [-0.3, -0.25) is 14.4 Å². The summed E-state index contributed by atoms with van der Waals surface area (Å²) in [5.41, 5.74) is 0.870. The first-order valence-electron chi connectivity index (χ1n) is 6.68. The van der Waals surface area contributed by atoms with E-state index in [-0.39, 0.29) is 17.4 Å². The number of amides is 1. The molecule has 1 N–H and O–H groups in total. The molecule has 6 nitrogen and oxygen atoms in total. The van der Waals surface area contributed by atoms with Gasteiger partial charge in [0.1, 0.15) is 0 Å². The molecule has 0 spiro atoms. The van der Waals surface area contributed by atoms with Crippen LogP contribution in [0.3, 0.4) is 0 Å². The predicted octanol–water partition coefficient (Wildman–Crippen LogP) is 2.07. The number of thioether (sulfide) groups is 1. The summed E-state index contributed by atoms with van der Waals surface area (Å²) in [4.78, 5) is 34.0. The molecule has 0 radical (unpaired) electrons. The first kappa shape index (κ1) is 18.0. The number of ether oxygens (including phenoxy) is 2. The normalized spacial score (nSPS) is 10.0. The molecule has 1 aromatic rings. The summed E-state index contributed by atoms with van der Waals surface area (Å²) in [5, 5.41) is 2.68. The second kappa shape index (κ2) is 8.43. The van der Waals surface area contributed by atoms with Gasteiger partial charge in [0.2, 0.25) is 5.91 Å². The Balaban J connectivity index is 3.00. The molecule has 0 unspecified atom stereocenters. The molecule has 0 aliphatic carbocycles. The van der Waals surface area contributed by atoms with Crippen molar-refractivity contribution >= 4 is 29.6 Å². The molecule has 0 bridgehead atoms. The number of aryl methyl sites for hydroxylation is 1. The van der Waals surface area contributed by atoms with Crippen molar-refractivity contribution in [3.05, 3.63) is 17.7 Å². The SMILES string of the molecule is CC(=O)NCCSc1cc(C)cc(OC(C)=O)c1OC(C)=O. The maximum atomic E-state index is 11.3. The van der Waals surface area contributed by atoms with E-state index < -0.39 is 11.9 Å². The minimum atomic E-state index is -0.499. The molecule has 0 atom stereocenters. The van der Waals surface area contributed by atoms with Crippen molar-refractivity contribution in [1.29, 1.82) is 0 Å². The number of rotatable bonds is 6. The molecule has 0 heterocycles. The molecule has 120 valence electrons. The van der Waals surface area contributed by atoms with Crippen LogP contribution in [0.15, 0.2) is 17.0 Å². The Hall–Kier alpha value is -2.02. The quantitative estimate of drug-likeness (QED) is 0.373. The van der Waals surface area contributed by atoms with Crippen molar-refractivity contribution in [2.75, 3.05) is 12.3 Å². The molecule has 1 rings (SSSR count). The molecule has 0 fully saturated rings. The zero-order chi connectivity index (χ0) is 16.7. The van der Waals surface area contributed by atoms with Gasteiger partial charge in [-0.2, -0.15) is 0 Å². The van der Waals surface area contributed by atoms with Crippen molar-refractivity contribution in [3.63, 3.8) is 0 Å². The Labute approximate surface area is 133 Å². The molecule has 22 heavy (non-hydrogen) atoms. The minimum absolute atomic E-state index is 0.106. The van der Waals surface area contributed by atoms with E-state index in [9.17, 15) is 14.4 Å². The van der Waals surface area contributed by atoms with E-state index in [1.54, 1.807) is 6.07 Å². The number of carbonyl (C=O) groups excluding carboxylic acids is 3. The first-order valence-corrected chi connectivity index (χ1v) is 7.67. The molecule has 1 aromatic carbocycles. The van der Waals surface area contributed by atoms with Gasteiger partial charge in [0.15, 0.2) is 11.5 Å². The molecule has 7 heteroatoms. The van der Waals surface area contributed by atoms with Crippen LogP contribution in [0.4, 0.5) is 0 Å². The van der Waals surface area contributed by atoms with E-state index in [2.05, 4.69) is 5.32 Å². The Morgan fingerprint density at radius 3 is 2.27 bits per heavy atom. The highest BCUT2D eigenvalue weighted by molar-refractivity contribution is 7.99. The lowest BCUT2D eigenvalue weighted by molar-refractivity contribution is -0.134. The molecular weight excluding hydrogens is 306 g/mol. The van der Waals surface area contributed by atoms with Crippen molar-refractivity contribution in [2.45, 2.75) is 32.6 Å². The van der Waals surface area contributed by atoms with Gasteiger partial charge in [-0.15, -0.1) is 11.8 Å². The van der Waals surface area contributed by atoms with Crippen molar-refractivity contribution in [2.24, 2.45) is 0 Å². The highest BCUT2D eigenvalue weighted by atomic mass is 32.2. The number of hydrogen-bond acceptors (Lipinski definition) is 6. The molecule has 0 aliphatic rings. The van der Waals surface area contributed by atoms with Crippen LogP contribution < -0.4 is 14.8 Å². The summed E-state index contributed by atoms with van der Waals surface area (Å²) in [6.45, 7) is 6.34. The summed E-state index contributed by atoms with van der Waals surface area (Å²) in [6.07, 6.45) is 0. The molecular formula is C15H19NO5S. The van der Waals surface area contributed by atoms with Gasteiger partial charge in [-0.1, -0.05) is 0 Å². The molecule has 0 aromatic heterocycles. The Morgan fingerprint density at radius 2 is 1.73 bits per heavy atom. The minimum Gasteiger partial charge on any atom is -0.423 e. The van der Waals surface area contributed by atoms with Crippen LogP contribution in [0.25, 0.3) is 0 Å². The van der Waals surface area contributed by atoms with Gasteiger partial charge in [-0.05, 0) is 24.6 Å². The second-order valence-corrected chi connectivity index (χ2v) is 5.75. The number of nitrogens with one attached hydrogen (secondary N) is 1. The Bertz CT molecular complexity index is 586.